The van der Waals surface area contributed by atoms with Crippen LogP contribution in [0.2, 0.25) is 5.02 Å². The first kappa shape index (κ1) is 26.3. The van der Waals surface area contributed by atoms with Gasteiger partial charge >= 0.3 is 0 Å². The first-order valence-electron chi connectivity index (χ1n) is 12.2. The number of benzene rings is 4. The number of phenolic OH excluding ortho intramolecular Hbond substituents is 1. The number of aromatic nitrogens is 3. The number of para-hydroxylation sites is 1. The van der Waals surface area contributed by atoms with Gasteiger partial charge in [-0.25, -0.2) is 5.43 Å². The Kier molecular flexibility index (Phi) is 8.10. The van der Waals surface area contributed by atoms with E-state index < -0.39 is 5.25 Å². The molecule has 5 aromatic rings. The minimum Gasteiger partial charge on any atom is -0.507 e. The third-order valence-corrected chi connectivity index (χ3v) is 7.24. The number of halogens is 1. The van der Waals surface area contributed by atoms with Gasteiger partial charge in [0, 0.05) is 27.3 Å². The molecule has 0 aliphatic heterocycles. The summed E-state index contributed by atoms with van der Waals surface area (Å²) in [5.41, 5.74) is 4.80. The maximum Gasteiger partial charge on any atom is 0.253 e. The summed E-state index contributed by atoms with van der Waals surface area (Å²) >= 11 is 7.24. The molecule has 196 valence electrons. The number of amides is 1. The Hall–Kier alpha value is -4.34. The maximum absolute atomic E-state index is 12.8. The number of nitrogens with one attached hydrogen (secondary N) is 2. The lowest BCUT2D eigenvalue weighted by Crippen LogP contribution is -2.27. The maximum atomic E-state index is 12.8. The minimum absolute atomic E-state index is 0.0143. The van der Waals surface area contributed by atoms with Crippen molar-refractivity contribution in [1.29, 1.82) is 0 Å². The highest BCUT2D eigenvalue weighted by Gasteiger charge is 2.21. The average molecular weight is 557 g/mol. The fraction of sp³-hybridized carbons (Fsp3) is 0.103. The molecule has 1 heterocycles. The minimum atomic E-state index is -0.527. The summed E-state index contributed by atoms with van der Waals surface area (Å²) in [5.74, 6) is 0.398. The molecule has 5 rings (SSSR count). The van der Waals surface area contributed by atoms with Crippen LogP contribution in [0.1, 0.15) is 18.3 Å². The van der Waals surface area contributed by atoms with Gasteiger partial charge in [0.05, 0.1) is 18.0 Å². The zero-order valence-electron chi connectivity index (χ0n) is 21.0. The molecule has 8 nitrogen and oxygen atoms in total. The van der Waals surface area contributed by atoms with E-state index in [-0.39, 0.29) is 11.7 Å². The van der Waals surface area contributed by atoms with E-state index in [1.165, 1.54) is 24.0 Å². The largest absolute Gasteiger partial charge is 0.507 e. The molecule has 0 unspecified atom stereocenters. The van der Waals surface area contributed by atoms with E-state index in [4.69, 9.17) is 11.6 Å². The second-order valence-electron chi connectivity index (χ2n) is 8.65. The van der Waals surface area contributed by atoms with Crippen molar-refractivity contribution in [2.45, 2.75) is 23.9 Å². The number of thioether (sulfide) groups is 1. The molecule has 0 radical (unpaired) electrons. The van der Waals surface area contributed by atoms with Gasteiger partial charge < -0.3 is 10.4 Å². The molecule has 0 spiro atoms. The Morgan fingerprint density at radius 2 is 1.82 bits per heavy atom. The van der Waals surface area contributed by atoms with Crippen LogP contribution in [-0.2, 0) is 11.3 Å². The summed E-state index contributed by atoms with van der Waals surface area (Å²) in [7, 11) is 0. The fourth-order valence-corrected chi connectivity index (χ4v) is 5.04. The van der Waals surface area contributed by atoms with Crippen molar-refractivity contribution in [3.8, 4) is 11.4 Å². The number of fused-ring (bicyclic) bond motifs is 1. The van der Waals surface area contributed by atoms with Crippen molar-refractivity contribution >= 4 is 51.9 Å². The summed E-state index contributed by atoms with van der Waals surface area (Å²) in [6, 6.07) is 28.7. The Labute approximate surface area is 234 Å². The number of carbonyl (C=O) groups excluding carboxylic acids is 1. The lowest BCUT2D eigenvalue weighted by atomic mass is 10.1. The third kappa shape index (κ3) is 6.22. The van der Waals surface area contributed by atoms with Crippen LogP contribution in [0.15, 0.2) is 101 Å². The van der Waals surface area contributed by atoms with Crippen molar-refractivity contribution in [3.63, 3.8) is 0 Å². The number of phenols is 1. The van der Waals surface area contributed by atoms with Gasteiger partial charge in [0.2, 0.25) is 0 Å². The van der Waals surface area contributed by atoms with E-state index >= 15 is 0 Å². The van der Waals surface area contributed by atoms with E-state index in [2.05, 4.69) is 44.2 Å². The van der Waals surface area contributed by atoms with E-state index in [1.807, 2.05) is 59.2 Å². The second kappa shape index (κ2) is 12.0. The van der Waals surface area contributed by atoms with Gasteiger partial charge in [-0.15, -0.1) is 10.2 Å². The van der Waals surface area contributed by atoms with Crippen molar-refractivity contribution < 1.29 is 9.90 Å². The Bertz CT molecular complexity index is 1630. The zero-order chi connectivity index (χ0) is 27.2. The number of hydrogen-bond acceptors (Lipinski definition) is 7. The predicted octanol–water partition coefficient (Wildman–Crippen LogP) is 6.02. The highest BCUT2D eigenvalue weighted by Crippen LogP contribution is 2.28. The Balaban J connectivity index is 1.33. The molecule has 0 saturated heterocycles. The average Bonchev–Trinajstić information content (AvgIpc) is 3.36. The molecule has 3 N–H and O–H groups in total. The summed E-state index contributed by atoms with van der Waals surface area (Å²) in [6.07, 6.45) is 1.35. The molecular formula is C29H25ClN6O2S. The molecule has 10 heteroatoms. The predicted molar refractivity (Wildman–Crippen MR) is 157 cm³/mol. The van der Waals surface area contributed by atoms with Gasteiger partial charge in [-0.3, -0.25) is 9.36 Å². The number of nitrogens with zero attached hydrogens (tertiary/aromatic N) is 4. The Morgan fingerprint density at radius 3 is 2.67 bits per heavy atom. The zero-order valence-corrected chi connectivity index (χ0v) is 22.5. The molecule has 0 aliphatic rings. The number of rotatable bonds is 9. The quantitative estimate of drug-likeness (QED) is 0.116. The summed E-state index contributed by atoms with van der Waals surface area (Å²) in [5, 5.41) is 29.0. The monoisotopic (exact) mass is 556 g/mol. The van der Waals surface area contributed by atoms with E-state index in [9.17, 15) is 9.90 Å². The number of carbonyl (C=O) groups is 1. The molecule has 0 saturated carbocycles. The van der Waals surface area contributed by atoms with Crippen LogP contribution in [-0.4, -0.2) is 37.2 Å². The second-order valence-corrected chi connectivity index (χ2v) is 10.4. The lowest BCUT2D eigenvalue weighted by Gasteiger charge is -2.14. The third-order valence-electron chi connectivity index (χ3n) is 5.96. The number of anilines is 1. The smallest absolute Gasteiger partial charge is 0.253 e. The fourth-order valence-electron chi connectivity index (χ4n) is 3.98. The normalized spacial score (nSPS) is 12.1. The van der Waals surface area contributed by atoms with Crippen molar-refractivity contribution in [3.05, 3.63) is 107 Å². The van der Waals surface area contributed by atoms with Gasteiger partial charge in [-0.2, -0.15) is 5.10 Å². The van der Waals surface area contributed by atoms with Gasteiger partial charge in [-0.1, -0.05) is 78.0 Å². The molecule has 1 atom stereocenters. The van der Waals surface area contributed by atoms with E-state index in [0.29, 0.717) is 28.1 Å². The number of hydrazone groups is 1. The van der Waals surface area contributed by atoms with Crippen molar-refractivity contribution in [2.24, 2.45) is 5.10 Å². The first-order chi connectivity index (χ1) is 19.0. The van der Waals surface area contributed by atoms with Crippen molar-refractivity contribution in [2.75, 3.05) is 5.32 Å². The molecule has 1 amide bonds. The molecular weight excluding hydrogens is 532 g/mol. The molecule has 1 aromatic heterocycles. The number of hydrogen-bond donors (Lipinski definition) is 3. The van der Waals surface area contributed by atoms with Crippen LogP contribution in [0.25, 0.3) is 16.5 Å². The van der Waals surface area contributed by atoms with Crippen LogP contribution < -0.4 is 10.7 Å². The lowest BCUT2D eigenvalue weighted by molar-refractivity contribution is -0.120. The van der Waals surface area contributed by atoms with Crippen LogP contribution in [0.4, 0.5) is 5.69 Å². The summed E-state index contributed by atoms with van der Waals surface area (Å²) in [4.78, 5) is 12.8. The molecule has 0 fully saturated rings. The van der Waals surface area contributed by atoms with Crippen LogP contribution in [0.3, 0.4) is 0 Å². The standard InChI is InChI=1S/C29H25ClN6O2S/c1-19(28(38)34-32-17-21-16-22(30)14-15-26(21)37)39-29-35-33-27(36(29)23-10-3-2-4-11-23)18-31-25-13-7-9-20-8-5-6-12-24(20)25/h2-17,19,31,37H,18H2,1H3,(H,34,38)/t19-/m1/s1. The van der Waals surface area contributed by atoms with Crippen LogP contribution in [0.5, 0.6) is 5.75 Å². The van der Waals surface area contributed by atoms with Gasteiger partial charge in [0.1, 0.15) is 5.75 Å². The summed E-state index contributed by atoms with van der Waals surface area (Å²) < 4.78 is 1.94. The van der Waals surface area contributed by atoms with E-state index in [1.54, 1.807) is 19.1 Å². The topological polar surface area (TPSA) is 104 Å². The molecule has 39 heavy (non-hydrogen) atoms. The van der Waals surface area contributed by atoms with Crippen LogP contribution in [0, 0.1) is 0 Å². The SMILES string of the molecule is C[C@@H](Sc1nnc(CNc2cccc3ccccc23)n1-c1ccccc1)C(=O)NN=Cc1cc(Cl)ccc1O. The number of aromatic hydroxyl groups is 1. The van der Waals surface area contributed by atoms with Crippen molar-refractivity contribution in [1.82, 2.24) is 20.2 Å². The van der Waals surface area contributed by atoms with Crippen LogP contribution >= 0.6 is 23.4 Å². The molecule has 0 bridgehead atoms. The summed E-state index contributed by atoms with van der Waals surface area (Å²) in [6.45, 7) is 2.20. The highest BCUT2D eigenvalue weighted by atomic mass is 35.5. The highest BCUT2D eigenvalue weighted by molar-refractivity contribution is 8.00. The van der Waals surface area contributed by atoms with Gasteiger partial charge in [0.25, 0.3) is 5.91 Å². The Morgan fingerprint density at radius 1 is 1.05 bits per heavy atom. The van der Waals surface area contributed by atoms with Gasteiger partial charge in [-0.05, 0) is 48.7 Å². The first-order valence-corrected chi connectivity index (χ1v) is 13.4. The van der Waals surface area contributed by atoms with E-state index in [0.717, 1.165) is 22.1 Å². The molecule has 0 aliphatic carbocycles. The molecule has 4 aromatic carbocycles. The van der Waals surface area contributed by atoms with Gasteiger partial charge in [0.15, 0.2) is 11.0 Å².